The molecular weight excluding hydrogens is 466 g/mol. The van der Waals surface area contributed by atoms with Crippen LogP contribution in [0.5, 0.6) is 11.5 Å². The summed E-state index contributed by atoms with van der Waals surface area (Å²) in [6, 6.07) is 17.5. The van der Waals surface area contributed by atoms with Crippen LogP contribution < -0.4 is 20.9 Å². The smallest absolute Gasteiger partial charge is 0.246 e. The van der Waals surface area contributed by atoms with E-state index >= 15 is 0 Å². The number of para-hydroxylation sites is 1. The van der Waals surface area contributed by atoms with Crippen LogP contribution in [0.4, 0.5) is 11.6 Å². The molecule has 1 fully saturated rings. The van der Waals surface area contributed by atoms with Gasteiger partial charge in [0.1, 0.15) is 23.6 Å². The average Bonchev–Trinajstić information content (AvgIpc) is 3.31. The third-order valence-electron chi connectivity index (χ3n) is 6.68. The van der Waals surface area contributed by atoms with Gasteiger partial charge in [-0.25, -0.2) is 15.4 Å². The number of nitrogens with one attached hydrogen (secondary N) is 1. The number of rotatable bonds is 7. The number of hydrazine groups is 1. The molecule has 37 heavy (non-hydrogen) atoms. The molecule has 1 amide bonds. The van der Waals surface area contributed by atoms with Crippen LogP contribution >= 0.6 is 0 Å². The number of likely N-dealkylation sites (tertiary alicyclic amines) is 1. The number of amides is 1. The molecule has 0 saturated carbocycles. The summed E-state index contributed by atoms with van der Waals surface area (Å²) >= 11 is 0. The monoisotopic (exact) mass is 499 g/mol. The lowest BCUT2D eigenvalue weighted by Gasteiger charge is -2.38. The minimum Gasteiger partial charge on any atom is -0.457 e. The summed E-state index contributed by atoms with van der Waals surface area (Å²) in [7, 11) is 3.96. The Kier molecular flexibility index (Phi) is 7.34. The quantitative estimate of drug-likeness (QED) is 0.478. The number of anilines is 2. The number of nitrogen functional groups attached to an aromatic ring is 1. The van der Waals surface area contributed by atoms with Crippen molar-refractivity contribution in [2.24, 2.45) is 0 Å². The van der Waals surface area contributed by atoms with E-state index in [-0.39, 0.29) is 18.0 Å². The van der Waals surface area contributed by atoms with Gasteiger partial charge in [-0.05, 0) is 56.8 Å². The molecule has 1 saturated heterocycles. The van der Waals surface area contributed by atoms with Crippen LogP contribution in [-0.4, -0.2) is 65.4 Å². The number of ether oxygens (including phenoxy) is 1. The van der Waals surface area contributed by atoms with Crippen LogP contribution in [0.3, 0.4) is 0 Å². The minimum absolute atomic E-state index is 0.0405. The fraction of sp³-hybridized carbons (Fsp3) is 0.321. The van der Waals surface area contributed by atoms with Gasteiger partial charge < -0.3 is 20.3 Å². The van der Waals surface area contributed by atoms with E-state index < -0.39 is 0 Å². The molecule has 3 aromatic rings. The summed E-state index contributed by atoms with van der Waals surface area (Å²) in [4.78, 5) is 25.6. The molecule has 0 spiro atoms. The van der Waals surface area contributed by atoms with Crippen LogP contribution in [0.2, 0.25) is 0 Å². The Bertz CT molecular complexity index is 1250. The Morgan fingerprint density at radius 1 is 1.14 bits per heavy atom. The van der Waals surface area contributed by atoms with Gasteiger partial charge in [0.05, 0.1) is 17.6 Å². The second-order valence-electron chi connectivity index (χ2n) is 9.66. The van der Waals surface area contributed by atoms with Crippen LogP contribution in [0.1, 0.15) is 30.0 Å². The van der Waals surface area contributed by atoms with E-state index in [1.165, 1.54) is 6.33 Å². The Morgan fingerprint density at radius 3 is 2.65 bits per heavy atom. The Balaban J connectivity index is 1.34. The molecule has 192 valence electrons. The largest absolute Gasteiger partial charge is 0.457 e. The number of hydrogen-bond acceptors (Lipinski definition) is 8. The normalized spacial score (nSPS) is 19.4. The summed E-state index contributed by atoms with van der Waals surface area (Å²) in [5, 5.41) is 2.08. The van der Waals surface area contributed by atoms with Gasteiger partial charge in [0, 0.05) is 25.7 Å². The zero-order chi connectivity index (χ0) is 25.8. The summed E-state index contributed by atoms with van der Waals surface area (Å²) < 4.78 is 5.95. The lowest BCUT2D eigenvalue weighted by Crippen LogP contribution is -2.53. The molecule has 3 N–H and O–H groups in total. The van der Waals surface area contributed by atoms with Crippen molar-refractivity contribution in [3.05, 3.63) is 84.2 Å². The molecule has 9 nitrogen and oxygen atoms in total. The topological polar surface area (TPSA) is 99.9 Å². The number of carbonyl (C=O) groups excluding carboxylic acids is 1. The highest BCUT2D eigenvalue weighted by Crippen LogP contribution is 2.40. The van der Waals surface area contributed by atoms with Crippen LogP contribution in [0, 0.1) is 0 Å². The fourth-order valence-electron chi connectivity index (χ4n) is 4.84. The minimum atomic E-state index is -0.201. The van der Waals surface area contributed by atoms with Gasteiger partial charge in [-0.2, -0.15) is 0 Å². The van der Waals surface area contributed by atoms with Crippen molar-refractivity contribution < 1.29 is 9.53 Å². The molecule has 0 bridgehead atoms. The van der Waals surface area contributed by atoms with Crippen molar-refractivity contribution in [1.82, 2.24) is 25.2 Å². The predicted octanol–water partition coefficient (Wildman–Crippen LogP) is 3.37. The molecule has 3 heterocycles. The Hall–Kier alpha value is -3.95. The second-order valence-corrected chi connectivity index (χ2v) is 9.66. The van der Waals surface area contributed by atoms with Crippen molar-refractivity contribution in [2.75, 3.05) is 44.5 Å². The second kappa shape index (κ2) is 11.0. The van der Waals surface area contributed by atoms with Gasteiger partial charge in [0.2, 0.25) is 5.91 Å². The van der Waals surface area contributed by atoms with E-state index in [0.29, 0.717) is 12.4 Å². The molecule has 2 unspecified atom stereocenters. The van der Waals surface area contributed by atoms with Crippen LogP contribution in [0.15, 0.2) is 73.1 Å². The zero-order valence-corrected chi connectivity index (χ0v) is 21.2. The maximum atomic E-state index is 12.8. The van der Waals surface area contributed by atoms with Crippen LogP contribution in [0.25, 0.3) is 0 Å². The van der Waals surface area contributed by atoms with Crippen molar-refractivity contribution in [3.8, 4) is 11.5 Å². The Labute approximate surface area is 217 Å². The highest BCUT2D eigenvalue weighted by Gasteiger charge is 2.38. The van der Waals surface area contributed by atoms with E-state index in [2.05, 4.69) is 20.4 Å². The summed E-state index contributed by atoms with van der Waals surface area (Å²) in [6.45, 7) is 2.09. The number of hydrogen-bond donors (Lipinski definition) is 2. The zero-order valence-electron chi connectivity index (χ0n) is 21.2. The number of benzene rings is 2. The van der Waals surface area contributed by atoms with E-state index in [1.807, 2.05) is 84.6 Å². The molecule has 2 aliphatic heterocycles. The summed E-state index contributed by atoms with van der Waals surface area (Å²) in [5.74, 6) is 2.80. The predicted molar refractivity (Wildman–Crippen MR) is 144 cm³/mol. The summed E-state index contributed by atoms with van der Waals surface area (Å²) in [6.07, 6.45) is 6.94. The number of nitrogens with zero attached hydrogens (tertiary/aromatic N) is 5. The van der Waals surface area contributed by atoms with E-state index in [9.17, 15) is 4.79 Å². The van der Waals surface area contributed by atoms with Crippen molar-refractivity contribution >= 4 is 17.5 Å². The SMILES string of the molecule is CN(C)C/C=C/C(=O)N1CCCC(N2NC(c3ccc(Oc4ccccc4)cc3)c3c(N)ncnc32)C1. The van der Waals surface area contributed by atoms with E-state index in [4.69, 9.17) is 10.5 Å². The lowest BCUT2D eigenvalue weighted by atomic mass is 10.0. The van der Waals surface area contributed by atoms with Crippen molar-refractivity contribution in [3.63, 3.8) is 0 Å². The van der Waals surface area contributed by atoms with E-state index in [1.54, 1.807) is 6.08 Å². The van der Waals surface area contributed by atoms with Crippen molar-refractivity contribution in [2.45, 2.75) is 24.9 Å². The van der Waals surface area contributed by atoms with Crippen molar-refractivity contribution in [1.29, 1.82) is 0 Å². The first-order chi connectivity index (χ1) is 18.0. The average molecular weight is 500 g/mol. The number of nitrogens with two attached hydrogens (primary N) is 1. The maximum Gasteiger partial charge on any atom is 0.246 e. The standard InChI is InChI=1S/C28H33N7O2/c1-33(2)16-7-11-24(36)34-17-6-8-21(18-34)35-28-25(27(29)30-19-31-28)26(32-35)20-12-14-23(15-13-20)37-22-9-4-3-5-10-22/h3-5,7,9-15,19,21,26,32H,6,8,16-18H2,1-2H3,(H2,29,30,31)/b11-7+. The van der Waals surface area contributed by atoms with Gasteiger partial charge in [-0.15, -0.1) is 0 Å². The fourth-order valence-corrected chi connectivity index (χ4v) is 4.84. The third kappa shape index (κ3) is 5.58. The molecule has 9 heteroatoms. The highest BCUT2D eigenvalue weighted by molar-refractivity contribution is 5.87. The molecule has 0 aliphatic carbocycles. The van der Waals surface area contributed by atoms with Gasteiger partial charge in [0.15, 0.2) is 5.82 Å². The first-order valence-corrected chi connectivity index (χ1v) is 12.6. The molecule has 5 rings (SSSR count). The van der Waals surface area contributed by atoms with Gasteiger partial charge >= 0.3 is 0 Å². The first kappa shape index (κ1) is 24.7. The Morgan fingerprint density at radius 2 is 1.89 bits per heavy atom. The molecule has 2 aliphatic rings. The lowest BCUT2D eigenvalue weighted by molar-refractivity contribution is -0.127. The van der Waals surface area contributed by atoms with E-state index in [0.717, 1.165) is 54.4 Å². The number of fused-ring (bicyclic) bond motifs is 1. The number of aromatic nitrogens is 2. The van der Waals surface area contributed by atoms with Gasteiger partial charge in [-0.3, -0.25) is 9.80 Å². The first-order valence-electron chi connectivity index (χ1n) is 12.6. The summed E-state index contributed by atoms with van der Waals surface area (Å²) in [5.41, 5.74) is 11.9. The molecule has 0 radical (unpaired) electrons. The molecule has 1 aromatic heterocycles. The molecule has 2 aromatic carbocycles. The molecule has 2 atom stereocenters. The number of piperidine rings is 1. The van der Waals surface area contributed by atoms with Crippen LogP contribution in [-0.2, 0) is 4.79 Å². The number of carbonyl (C=O) groups is 1. The van der Waals surface area contributed by atoms with Gasteiger partial charge in [-0.1, -0.05) is 36.4 Å². The number of likely N-dealkylation sites (N-methyl/N-ethyl adjacent to an activating group) is 1. The third-order valence-corrected chi connectivity index (χ3v) is 6.68. The molecular formula is C28H33N7O2. The van der Waals surface area contributed by atoms with Gasteiger partial charge in [0.25, 0.3) is 0 Å². The highest BCUT2D eigenvalue weighted by atomic mass is 16.5. The maximum absolute atomic E-state index is 12.8.